The summed E-state index contributed by atoms with van der Waals surface area (Å²) in [6, 6.07) is 5.31. The van der Waals surface area contributed by atoms with Gasteiger partial charge in [0, 0.05) is 37.4 Å². The quantitative estimate of drug-likeness (QED) is 0.690. The van der Waals surface area contributed by atoms with Gasteiger partial charge in [-0.3, -0.25) is 4.79 Å². The van der Waals surface area contributed by atoms with Crippen molar-refractivity contribution >= 4 is 34.1 Å². The van der Waals surface area contributed by atoms with E-state index < -0.39 is 0 Å². The smallest absolute Gasteiger partial charge is 0.249 e. The predicted octanol–water partition coefficient (Wildman–Crippen LogP) is 2.30. The van der Waals surface area contributed by atoms with Crippen molar-refractivity contribution < 1.29 is 4.79 Å². The minimum absolute atomic E-state index is 0.207. The van der Waals surface area contributed by atoms with Gasteiger partial charge in [-0.15, -0.1) is 0 Å². The largest absolute Gasteiger partial charge is 0.383 e. The fraction of sp³-hybridized carbons (Fsp3) is 0.154. The third kappa shape index (κ3) is 3.42. The van der Waals surface area contributed by atoms with Gasteiger partial charge in [0.15, 0.2) is 0 Å². The topological polar surface area (TPSA) is 58.1 Å². The molecule has 0 aliphatic rings. The molecule has 0 unspecified atom stereocenters. The number of aromatic nitrogens is 2. The number of halogens is 1. The highest BCUT2D eigenvalue weighted by Gasteiger charge is 2.04. The Balaban J connectivity index is 2.22. The molecule has 1 aromatic heterocycles. The zero-order chi connectivity index (χ0) is 13.8. The Labute approximate surface area is 115 Å². The van der Waals surface area contributed by atoms with Crippen molar-refractivity contribution in [3.8, 4) is 0 Å². The average Bonchev–Trinajstić information content (AvgIpc) is 2.37. The number of nitrogens with one attached hydrogen (secondary N) is 1. The van der Waals surface area contributed by atoms with Crippen molar-refractivity contribution in [3.05, 3.63) is 42.0 Å². The first-order valence-corrected chi connectivity index (χ1v) is 6.00. The molecule has 0 atom stereocenters. The summed E-state index contributed by atoms with van der Waals surface area (Å²) in [5.74, 6) is -0.207. The first kappa shape index (κ1) is 13.3. The van der Waals surface area contributed by atoms with E-state index in [-0.39, 0.29) is 5.91 Å². The zero-order valence-corrected chi connectivity index (χ0v) is 11.3. The van der Waals surface area contributed by atoms with E-state index in [0.717, 1.165) is 5.52 Å². The number of carbonyl (C=O) groups excluding carboxylic acids is 1. The third-order valence-electron chi connectivity index (χ3n) is 2.38. The highest BCUT2D eigenvalue weighted by molar-refractivity contribution is 6.34. The van der Waals surface area contributed by atoms with Crippen molar-refractivity contribution in [1.82, 2.24) is 14.9 Å². The minimum Gasteiger partial charge on any atom is -0.383 e. The number of amides is 1. The van der Waals surface area contributed by atoms with Gasteiger partial charge in [-0.05, 0) is 18.2 Å². The summed E-state index contributed by atoms with van der Waals surface area (Å²) < 4.78 is 0. The van der Waals surface area contributed by atoms with Crippen LogP contribution < -0.4 is 5.32 Å². The first-order valence-electron chi connectivity index (χ1n) is 5.62. The molecule has 5 nitrogen and oxygen atoms in total. The zero-order valence-electron chi connectivity index (χ0n) is 10.6. The molecular formula is C13H13ClN4O. The third-order valence-corrected chi connectivity index (χ3v) is 2.68. The van der Waals surface area contributed by atoms with E-state index in [0.29, 0.717) is 16.2 Å². The highest BCUT2D eigenvalue weighted by atomic mass is 35.5. The maximum absolute atomic E-state index is 11.6. The van der Waals surface area contributed by atoms with Crippen molar-refractivity contribution in [3.63, 3.8) is 0 Å². The summed E-state index contributed by atoms with van der Waals surface area (Å²) in [5.41, 5.74) is 1.39. The molecule has 1 aromatic carbocycles. The molecule has 19 heavy (non-hydrogen) atoms. The van der Waals surface area contributed by atoms with Gasteiger partial charge in [0.05, 0.1) is 5.52 Å². The monoisotopic (exact) mass is 276 g/mol. The van der Waals surface area contributed by atoms with Crippen molar-refractivity contribution in [2.75, 3.05) is 19.4 Å². The van der Waals surface area contributed by atoms with Gasteiger partial charge >= 0.3 is 0 Å². The normalized spacial score (nSPS) is 10.9. The van der Waals surface area contributed by atoms with Crippen LogP contribution in [0.4, 0.5) is 5.69 Å². The van der Waals surface area contributed by atoms with Crippen LogP contribution in [0.25, 0.3) is 10.9 Å². The van der Waals surface area contributed by atoms with Crippen LogP contribution in [-0.4, -0.2) is 34.9 Å². The number of hydrogen-bond acceptors (Lipinski definition) is 4. The van der Waals surface area contributed by atoms with Gasteiger partial charge in [0.1, 0.15) is 11.5 Å². The van der Waals surface area contributed by atoms with E-state index in [1.807, 2.05) is 14.1 Å². The Morgan fingerprint density at radius 2 is 2.16 bits per heavy atom. The van der Waals surface area contributed by atoms with Gasteiger partial charge in [0.25, 0.3) is 0 Å². The minimum atomic E-state index is -0.207. The molecule has 0 saturated carbocycles. The molecule has 2 aromatic rings. The SMILES string of the molecule is CN(C)C=CC(=O)Nc1ccc2ncnc(Cl)c2c1. The molecule has 1 N–H and O–H groups in total. The second-order valence-electron chi connectivity index (χ2n) is 4.17. The maximum Gasteiger partial charge on any atom is 0.249 e. The van der Waals surface area contributed by atoms with Crippen LogP contribution in [-0.2, 0) is 4.79 Å². The van der Waals surface area contributed by atoms with Crippen LogP contribution >= 0.6 is 11.6 Å². The highest BCUT2D eigenvalue weighted by Crippen LogP contribution is 2.22. The van der Waals surface area contributed by atoms with Crippen LogP contribution in [0, 0.1) is 0 Å². The standard InChI is InChI=1S/C13H13ClN4O/c1-18(2)6-5-12(19)17-9-3-4-11-10(7-9)13(14)16-8-15-11/h3-8H,1-2H3,(H,17,19). The number of benzene rings is 1. The fourth-order valence-corrected chi connectivity index (χ4v) is 1.70. The molecule has 6 heteroatoms. The lowest BCUT2D eigenvalue weighted by atomic mass is 10.2. The Morgan fingerprint density at radius 1 is 1.37 bits per heavy atom. The van der Waals surface area contributed by atoms with Crippen molar-refractivity contribution in [1.29, 1.82) is 0 Å². The molecule has 1 amide bonds. The number of carbonyl (C=O) groups is 1. The molecule has 0 fully saturated rings. The van der Waals surface area contributed by atoms with Crippen LogP contribution in [0.2, 0.25) is 5.15 Å². The Morgan fingerprint density at radius 3 is 2.89 bits per heavy atom. The Bertz CT molecular complexity index is 640. The second-order valence-corrected chi connectivity index (χ2v) is 4.52. The molecule has 1 heterocycles. The van der Waals surface area contributed by atoms with Gasteiger partial charge in [-0.1, -0.05) is 11.6 Å². The van der Waals surface area contributed by atoms with Crippen LogP contribution in [0.3, 0.4) is 0 Å². The number of nitrogens with zero attached hydrogens (tertiary/aromatic N) is 3. The summed E-state index contributed by atoms with van der Waals surface area (Å²) in [7, 11) is 3.69. The average molecular weight is 277 g/mol. The molecule has 0 radical (unpaired) electrons. The lowest BCUT2D eigenvalue weighted by Gasteiger charge is -2.06. The van der Waals surface area contributed by atoms with Gasteiger partial charge in [-0.2, -0.15) is 0 Å². The lowest BCUT2D eigenvalue weighted by molar-refractivity contribution is -0.112. The number of anilines is 1. The molecule has 0 aliphatic carbocycles. The molecular weight excluding hydrogens is 264 g/mol. The number of hydrogen-bond donors (Lipinski definition) is 1. The van der Waals surface area contributed by atoms with Gasteiger partial charge in [-0.25, -0.2) is 9.97 Å². The van der Waals surface area contributed by atoms with E-state index in [1.165, 1.54) is 12.4 Å². The van der Waals surface area contributed by atoms with Crippen molar-refractivity contribution in [2.45, 2.75) is 0 Å². The molecule has 0 saturated heterocycles. The summed E-state index contributed by atoms with van der Waals surface area (Å²) in [6.45, 7) is 0. The Kier molecular flexibility index (Phi) is 3.97. The van der Waals surface area contributed by atoms with Gasteiger partial charge in [0.2, 0.25) is 5.91 Å². The van der Waals surface area contributed by atoms with Crippen LogP contribution in [0.15, 0.2) is 36.8 Å². The molecule has 98 valence electrons. The van der Waals surface area contributed by atoms with Gasteiger partial charge < -0.3 is 10.2 Å². The molecule has 0 spiro atoms. The predicted molar refractivity (Wildman–Crippen MR) is 76.0 cm³/mol. The number of rotatable bonds is 3. The fourth-order valence-electron chi connectivity index (χ4n) is 1.50. The molecule has 0 bridgehead atoms. The van der Waals surface area contributed by atoms with Crippen molar-refractivity contribution in [2.24, 2.45) is 0 Å². The van der Waals surface area contributed by atoms with Crippen LogP contribution in [0.5, 0.6) is 0 Å². The summed E-state index contributed by atoms with van der Waals surface area (Å²) >= 11 is 5.98. The molecule has 0 aliphatic heterocycles. The summed E-state index contributed by atoms with van der Waals surface area (Å²) in [5, 5.41) is 3.82. The number of fused-ring (bicyclic) bond motifs is 1. The van der Waals surface area contributed by atoms with E-state index in [1.54, 1.807) is 29.3 Å². The molecule has 2 rings (SSSR count). The maximum atomic E-state index is 11.6. The van der Waals surface area contributed by atoms with E-state index in [2.05, 4.69) is 15.3 Å². The van der Waals surface area contributed by atoms with E-state index in [4.69, 9.17) is 11.6 Å². The van der Waals surface area contributed by atoms with E-state index >= 15 is 0 Å². The second kappa shape index (κ2) is 5.67. The van der Waals surface area contributed by atoms with Crippen LogP contribution in [0.1, 0.15) is 0 Å². The summed E-state index contributed by atoms with van der Waals surface area (Å²) in [6.07, 6.45) is 4.53. The lowest BCUT2D eigenvalue weighted by Crippen LogP contribution is -2.10. The van der Waals surface area contributed by atoms with E-state index in [9.17, 15) is 4.79 Å². The Hall–Kier alpha value is -2.14. The first-order chi connectivity index (χ1) is 9.06. The summed E-state index contributed by atoms with van der Waals surface area (Å²) in [4.78, 5) is 21.4.